The number of sulfonamides is 1. The van der Waals surface area contributed by atoms with E-state index in [4.69, 9.17) is 4.98 Å². The quantitative estimate of drug-likeness (QED) is 0.274. The van der Waals surface area contributed by atoms with Crippen LogP contribution in [0.25, 0.3) is 55.8 Å². The second kappa shape index (κ2) is 9.33. The van der Waals surface area contributed by atoms with Crippen molar-refractivity contribution >= 4 is 32.0 Å². The molecule has 0 saturated heterocycles. The molecule has 6 aromatic rings. The summed E-state index contributed by atoms with van der Waals surface area (Å²) < 4.78 is 55.8. The number of halogens is 2. The molecule has 0 fully saturated rings. The van der Waals surface area contributed by atoms with Crippen LogP contribution in [0.5, 0.6) is 0 Å². The SMILES string of the molecule is Cc1ccncc1-c1ncc2[nH]nc(-c3nc4c(-c5cc(F)cc(CNS(C)(=O)=O)c5)cccc4[nH]3)c2c1F. The van der Waals surface area contributed by atoms with Crippen molar-refractivity contribution < 1.29 is 17.2 Å². The monoisotopic (exact) mass is 545 g/mol. The molecule has 39 heavy (non-hydrogen) atoms. The molecule has 4 heterocycles. The lowest BCUT2D eigenvalue weighted by molar-refractivity contribution is 0.586. The molecule has 0 aliphatic carbocycles. The summed E-state index contributed by atoms with van der Waals surface area (Å²) in [5.41, 5.74) is 4.97. The maximum atomic E-state index is 15.9. The first kappa shape index (κ1) is 24.8. The third-order valence-electron chi connectivity index (χ3n) is 6.38. The topological polar surface area (TPSA) is 129 Å². The highest BCUT2D eigenvalue weighted by atomic mass is 32.2. The van der Waals surface area contributed by atoms with Crippen LogP contribution in [-0.4, -0.2) is 44.8 Å². The van der Waals surface area contributed by atoms with E-state index in [9.17, 15) is 12.8 Å². The van der Waals surface area contributed by atoms with Crippen LogP contribution in [0.1, 0.15) is 11.1 Å². The van der Waals surface area contributed by atoms with Gasteiger partial charge in [0.05, 0.1) is 34.4 Å². The highest BCUT2D eigenvalue weighted by Gasteiger charge is 2.22. The molecule has 4 aromatic heterocycles. The second-order valence-corrected chi connectivity index (χ2v) is 11.0. The average molecular weight is 546 g/mol. The van der Waals surface area contributed by atoms with Gasteiger partial charge in [0.25, 0.3) is 0 Å². The molecule has 0 spiro atoms. The number of nitrogens with zero attached hydrogens (tertiary/aromatic N) is 4. The van der Waals surface area contributed by atoms with Crippen LogP contribution in [0.4, 0.5) is 8.78 Å². The molecule has 0 radical (unpaired) electrons. The second-order valence-electron chi connectivity index (χ2n) is 9.20. The molecule has 0 atom stereocenters. The molecule has 196 valence electrons. The molecule has 6 rings (SSSR count). The number of imidazole rings is 1. The Morgan fingerprint density at radius 3 is 2.64 bits per heavy atom. The normalized spacial score (nSPS) is 12.0. The van der Waals surface area contributed by atoms with E-state index in [1.807, 2.05) is 6.92 Å². The van der Waals surface area contributed by atoms with Gasteiger partial charge in [0.2, 0.25) is 10.0 Å². The minimum Gasteiger partial charge on any atom is -0.337 e. The number of aryl methyl sites for hydroxylation is 1. The van der Waals surface area contributed by atoms with E-state index >= 15 is 4.39 Å². The number of aromatic nitrogens is 6. The maximum Gasteiger partial charge on any atom is 0.209 e. The van der Waals surface area contributed by atoms with Gasteiger partial charge in [-0.3, -0.25) is 15.1 Å². The van der Waals surface area contributed by atoms with E-state index in [0.29, 0.717) is 44.6 Å². The molecule has 0 saturated carbocycles. The fourth-order valence-electron chi connectivity index (χ4n) is 4.55. The lowest BCUT2D eigenvalue weighted by Gasteiger charge is -2.08. The van der Waals surface area contributed by atoms with E-state index in [1.165, 1.54) is 18.3 Å². The fourth-order valence-corrected chi connectivity index (χ4v) is 4.97. The predicted octanol–water partition coefficient (Wildman–Crippen LogP) is 4.87. The van der Waals surface area contributed by atoms with Gasteiger partial charge in [-0.2, -0.15) is 5.10 Å². The fraction of sp³-hybridized carbons (Fsp3) is 0.111. The van der Waals surface area contributed by atoms with E-state index in [-0.39, 0.29) is 23.3 Å². The Hall–Kier alpha value is -4.55. The zero-order chi connectivity index (χ0) is 27.3. The first-order valence-corrected chi connectivity index (χ1v) is 13.7. The zero-order valence-electron chi connectivity index (χ0n) is 20.8. The number of hydrogen-bond donors (Lipinski definition) is 3. The molecular formula is C27H21F2N7O2S. The number of benzene rings is 2. The van der Waals surface area contributed by atoms with E-state index in [1.54, 1.807) is 42.7 Å². The summed E-state index contributed by atoms with van der Waals surface area (Å²) in [6, 6.07) is 11.5. The Balaban J connectivity index is 1.47. The number of nitrogens with one attached hydrogen (secondary N) is 3. The average Bonchev–Trinajstić information content (AvgIpc) is 3.52. The van der Waals surface area contributed by atoms with Crippen LogP contribution in [0.3, 0.4) is 0 Å². The van der Waals surface area contributed by atoms with Crippen molar-refractivity contribution in [2.75, 3.05) is 6.26 Å². The molecular weight excluding hydrogens is 524 g/mol. The Bertz CT molecular complexity index is 2000. The van der Waals surface area contributed by atoms with Crippen LogP contribution >= 0.6 is 0 Å². The first-order valence-electron chi connectivity index (χ1n) is 11.8. The predicted molar refractivity (Wildman–Crippen MR) is 144 cm³/mol. The highest BCUT2D eigenvalue weighted by Crippen LogP contribution is 2.35. The number of aromatic amines is 2. The van der Waals surface area contributed by atoms with Gasteiger partial charge in [-0.1, -0.05) is 12.1 Å². The Labute approximate surface area is 221 Å². The van der Waals surface area contributed by atoms with Crippen LogP contribution in [0.15, 0.2) is 61.1 Å². The van der Waals surface area contributed by atoms with Crippen LogP contribution in [-0.2, 0) is 16.6 Å². The summed E-state index contributed by atoms with van der Waals surface area (Å²) in [6.45, 7) is 1.80. The maximum absolute atomic E-state index is 15.9. The van der Waals surface area contributed by atoms with Crippen molar-refractivity contribution in [1.82, 2.24) is 34.9 Å². The first-order chi connectivity index (χ1) is 18.7. The molecule has 3 N–H and O–H groups in total. The summed E-state index contributed by atoms with van der Waals surface area (Å²) in [5.74, 6) is -0.754. The van der Waals surface area contributed by atoms with E-state index in [2.05, 4.69) is 29.9 Å². The third-order valence-corrected chi connectivity index (χ3v) is 7.05. The van der Waals surface area contributed by atoms with Gasteiger partial charge in [-0.15, -0.1) is 0 Å². The zero-order valence-corrected chi connectivity index (χ0v) is 21.6. The number of pyridine rings is 2. The highest BCUT2D eigenvalue weighted by molar-refractivity contribution is 7.88. The van der Waals surface area contributed by atoms with Crippen molar-refractivity contribution in [3.63, 3.8) is 0 Å². The van der Waals surface area contributed by atoms with Crippen LogP contribution in [0, 0.1) is 18.6 Å². The van der Waals surface area contributed by atoms with Crippen molar-refractivity contribution in [3.8, 4) is 33.9 Å². The van der Waals surface area contributed by atoms with Crippen molar-refractivity contribution in [3.05, 3.63) is 83.8 Å². The number of fused-ring (bicyclic) bond motifs is 2. The van der Waals surface area contributed by atoms with Crippen LogP contribution < -0.4 is 4.72 Å². The van der Waals surface area contributed by atoms with Gasteiger partial charge in [0, 0.05) is 30.1 Å². The van der Waals surface area contributed by atoms with Crippen LogP contribution in [0.2, 0.25) is 0 Å². The largest absolute Gasteiger partial charge is 0.337 e. The van der Waals surface area contributed by atoms with E-state index < -0.39 is 21.7 Å². The molecule has 0 aliphatic heterocycles. The Morgan fingerprint density at radius 1 is 1.00 bits per heavy atom. The number of H-pyrrole nitrogens is 2. The Morgan fingerprint density at radius 2 is 1.85 bits per heavy atom. The van der Waals surface area contributed by atoms with Crippen molar-refractivity contribution in [1.29, 1.82) is 0 Å². The van der Waals surface area contributed by atoms with Gasteiger partial charge in [-0.05, 0) is 53.9 Å². The van der Waals surface area contributed by atoms with Gasteiger partial charge < -0.3 is 4.98 Å². The Kier molecular flexibility index (Phi) is 5.92. The van der Waals surface area contributed by atoms with Gasteiger partial charge >= 0.3 is 0 Å². The molecule has 2 aromatic carbocycles. The summed E-state index contributed by atoms with van der Waals surface area (Å²) in [5, 5.41) is 7.36. The standard InChI is InChI=1S/C27H21F2N7O2S/c1-14-6-7-30-12-19(14)25-23(29)22-21(13-31-25)35-36-26(22)27-33-20-5-3-4-18(24(20)34-27)16-8-15(9-17(28)10-16)11-32-39(2,37)38/h3-10,12-13,32H,11H2,1-2H3,(H,33,34)(H,35,36). The number of para-hydroxylation sites is 1. The van der Waals surface area contributed by atoms with Crippen molar-refractivity contribution in [2.45, 2.75) is 13.5 Å². The molecule has 12 heteroatoms. The number of hydrogen-bond acceptors (Lipinski definition) is 6. The molecule has 0 unspecified atom stereocenters. The molecule has 9 nitrogen and oxygen atoms in total. The van der Waals surface area contributed by atoms with E-state index in [0.717, 1.165) is 11.8 Å². The van der Waals surface area contributed by atoms with Crippen molar-refractivity contribution in [2.24, 2.45) is 0 Å². The molecule has 0 aliphatic rings. The van der Waals surface area contributed by atoms with Gasteiger partial charge in [0.15, 0.2) is 11.6 Å². The summed E-state index contributed by atoms with van der Waals surface area (Å²) in [6.07, 6.45) is 5.76. The molecule has 0 amide bonds. The lowest BCUT2D eigenvalue weighted by atomic mass is 10.0. The summed E-state index contributed by atoms with van der Waals surface area (Å²) >= 11 is 0. The third kappa shape index (κ3) is 4.64. The summed E-state index contributed by atoms with van der Waals surface area (Å²) in [7, 11) is -3.45. The lowest BCUT2D eigenvalue weighted by Crippen LogP contribution is -2.21. The van der Waals surface area contributed by atoms with Gasteiger partial charge in [-0.25, -0.2) is 26.9 Å². The van der Waals surface area contributed by atoms with Gasteiger partial charge in [0.1, 0.15) is 17.2 Å². The summed E-state index contributed by atoms with van der Waals surface area (Å²) in [4.78, 5) is 16.3. The molecule has 0 bridgehead atoms. The minimum atomic E-state index is -3.45. The smallest absolute Gasteiger partial charge is 0.209 e. The number of rotatable bonds is 6. The minimum absolute atomic E-state index is 0.0588.